The average molecular weight is 493 g/mol. The van der Waals surface area contributed by atoms with Crippen LogP contribution in [0.2, 0.25) is 0 Å². The molecule has 2 N–H and O–H groups in total. The average Bonchev–Trinajstić information content (AvgIpc) is 3.32. The Bertz CT molecular complexity index is 1530. The van der Waals surface area contributed by atoms with E-state index in [9.17, 15) is 19.2 Å². The van der Waals surface area contributed by atoms with Gasteiger partial charge in [0.15, 0.2) is 5.13 Å². The van der Waals surface area contributed by atoms with Crippen LogP contribution < -0.4 is 21.9 Å². The summed E-state index contributed by atoms with van der Waals surface area (Å²) in [7, 11) is 2.90. The second kappa shape index (κ2) is 10.0. The highest BCUT2D eigenvalue weighted by molar-refractivity contribution is 7.14. The molecule has 10 nitrogen and oxygen atoms in total. The van der Waals surface area contributed by atoms with E-state index in [0.29, 0.717) is 11.7 Å². The topological polar surface area (TPSA) is 128 Å². The third-order valence-electron chi connectivity index (χ3n) is 5.52. The summed E-state index contributed by atoms with van der Waals surface area (Å²) in [5, 5.41) is 8.02. The van der Waals surface area contributed by atoms with Gasteiger partial charge in [0.2, 0.25) is 5.91 Å². The van der Waals surface area contributed by atoms with E-state index in [1.54, 1.807) is 0 Å². The zero-order chi connectivity index (χ0) is 25.1. The predicted molar refractivity (Wildman–Crippen MR) is 135 cm³/mol. The fraction of sp³-hybridized carbons (Fsp3) is 0.250. The molecule has 11 heteroatoms. The molecule has 0 unspecified atom stereocenters. The van der Waals surface area contributed by atoms with Crippen molar-refractivity contribution >= 4 is 39.3 Å². The van der Waals surface area contributed by atoms with Crippen molar-refractivity contribution in [1.29, 1.82) is 0 Å². The lowest BCUT2D eigenvalue weighted by Crippen LogP contribution is -2.37. The number of aromatic nitrogens is 4. The van der Waals surface area contributed by atoms with Gasteiger partial charge in [0.25, 0.3) is 11.5 Å². The molecular weight excluding hydrogens is 468 g/mol. The van der Waals surface area contributed by atoms with Crippen molar-refractivity contribution in [3.63, 3.8) is 0 Å². The van der Waals surface area contributed by atoms with Gasteiger partial charge in [-0.1, -0.05) is 24.3 Å². The van der Waals surface area contributed by atoms with Gasteiger partial charge in [-0.15, -0.1) is 11.3 Å². The Morgan fingerprint density at radius 2 is 1.74 bits per heavy atom. The fourth-order valence-electron chi connectivity index (χ4n) is 3.60. The first-order chi connectivity index (χ1) is 16.7. The Morgan fingerprint density at radius 1 is 1.00 bits per heavy atom. The number of nitrogens with one attached hydrogen (secondary N) is 2. The van der Waals surface area contributed by atoms with Crippen LogP contribution in [0.1, 0.15) is 29.4 Å². The van der Waals surface area contributed by atoms with Gasteiger partial charge < -0.3 is 5.32 Å². The first kappa shape index (κ1) is 24.0. The molecule has 0 aliphatic carbocycles. The number of carbonyl (C=O) groups excluding carboxylic acids is 2. The SMILES string of the molecule is CC(=O)NCCCc1ccc(-c2csc(NC(=O)c3ccc4c(=O)n(C)c(=O)n(C)c4n3)n2)cc1. The second-order valence-electron chi connectivity index (χ2n) is 8.05. The third-order valence-corrected chi connectivity index (χ3v) is 6.28. The summed E-state index contributed by atoms with van der Waals surface area (Å²) >= 11 is 1.29. The minimum atomic E-state index is -0.518. The smallest absolute Gasteiger partial charge is 0.332 e. The van der Waals surface area contributed by atoms with Crippen LogP contribution in [-0.2, 0) is 25.3 Å². The van der Waals surface area contributed by atoms with Crippen LogP contribution in [0, 0.1) is 0 Å². The quantitative estimate of drug-likeness (QED) is 0.380. The summed E-state index contributed by atoms with van der Waals surface area (Å²) in [6.45, 7) is 2.15. The number of hydrogen-bond acceptors (Lipinski definition) is 7. The number of thiazole rings is 1. The van der Waals surface area contributed by atoms with Gasteiger partial charge in [-0.3, -0.25) is 28.8 Å². The fourth-order valence-corrected chi connectivity index (χ4v) is 4.32. The molecule has 35 heavy (non-hydrogen) atoms. The molecule has 4 aromatic rings. The maximum absolute atomic E-state index is 12.8. The van der Waals surface area contributed by atoms with Crippen LogP contribution in [0.3, 0.4) is 0 Å². The lowest BCUT2D eigenvalue weighted by molar-refractivity contribution is -0.118. The number of anilines is 1. The van der Waals surface area contributed by atoms with Gasteiger partial charge in [-0.25, -0.2) is 14.8 Å². The van der Waals surface area contributed by atoms with Gasteiger partial charge in [0.1, 0.15) is 11.3 Å². The lowest BCUT2D eigenvalue weighted by atomic mass is 10.1. The van der Waals surface area contributed by atoms with Crippen LogP contribution in [0.15, 0.2) is 51.4 Å². The molecule has 0 aliphatic rings. The van der Waals surface area contributed by atoms with E-state index >= 15 is 0 Å². The van der Waals surface area contributed by atoms with Crippen LogP contribution in [0.25, 0.3) is 22.3 Å². The number of fused-ring (bicyclic) bond motifs is 1. The van der Waals surface area contributed by atoms with E-state index in [1.807, 2.05) is 29.6 Å². The number of aryl methyl sites for hydroxylation is 2. The molecule has 0 spiro atoms. The molecule has 3 heterocycles. The second-order valence-corrected chi connectivity index (χ2v) is 8.91. The summed E-state index contributed by atoms with van der Waals surface area (Å²) in [5.74, 6) is -0.519. The van der Waals surface area contributed by atoms with Crippen LogP contribution >= 0.6 is 11.3 Å². The number of nitrogens with zero attached hydrogens (tertiary/aromatic N) is 4. The van der Waals surface area contributed by atoms with Gasteiger partial charge in [-0.2, -0.15) is 0 Å². The minimum Gasteiger partial charge on any atom is -0.356 e. The van der Waals surface area contributed by atoms with Crippen molar-refractivity contribution in [2.75, 3.05) is 11.9 Å². The molecule has 4 rings (SSSR count). The molecule has 2 amide bonds. The molecular formula is C24H24N6O4S. The summed E-state index contributed by atoms with van der Waals surface area (Å²) in [6.07, 6.45) is 1.72. The van der Waals surface area contributed by atoms with E-state index in [-0.39, 0.29) is 22.6 Å². The predicted octanol–water partition coefficient (Wildman–Crippen LogP) is 2.08. The standard InChI is InChI=1S/C24H24N6O4S/c1-14(31)25-12-4-5-15-6-8-16(9-7-15)19-13-35-23(27-19)28-21(32)18-11-10-17-20(26-18)29(2)24(34)30(3)22(17)33/h6-11,13H,4-5,12H2,1-3H3,(H,25,31)(H,27,28,32). The normalized spacial score (nSPS) is 10.9. The zero-order valence-corrected chi connectivity index (χ0v) is 20.3. The van der Waals surface area contributed by atoms with Crippen LogP contribution in [0.5, 0.6) is 0 Å². The highest BCUT2D eigenvalue weighted by Crippen LogP contribution is 2.25. The van der Waals surface area contributed by atoms with Crippen molar-refractivity contribution in [3.8, 4) is 11.3 Å². The molecule has 0 atom stereocenters. The van der Waals surface area contributed by atoms with Gasteiger partial charge in [-0.05, 0) is 30.5 Å². The zero-order valence-electron chi connectivity index (χ0n) is 19.5. The molecule has 0 saturated carbocycles. The Balaban J connectivity index is 1.46. The summed E-state index contributed by atoms with van der Waals surface area (Å²) in [4.78, 5) is 56.9. The molecule has 0 radical (unpaired) electrons. The van der Waals surface area contributed by atoms with E-state index in [1.165, 1.54) is 49.1 Å². The molecule has 180 valence electrons. The van der Waals surface area contributed by atoms with Gasteiger partial charge in [0, 0.05) is 38.5 Å². The van der Waals surface area contributed by atoms with E-state index in [4.69, 9.17) is 0 Å². The van der Waals surface area contributed by atoms with E-state index in [0.717, 1.165) is 34.2 Å². The molecule has 0 bridgehead atoms. The Morgan fingerprint density at radius 3 is 2.46 bits per heavy atom. The first-order valence-corrected chi connectivity index (χ1v) is 11.8. The Kier molecular flexibility index (Phi) is 6.87. The monoisotopic (exact) mass is 492 g/mol. The van der Waals surface area contributed by atoms with Crippen molar-refractivity contribution < 1.29 is 9.59 Å². The Hall–Kier alpha value is -4.12. The number of pyridine rings is 1. The number of hydrogen-bond donors (Lipinski definition) is 2. The van der Waals surface area contributed by atoms with Crippen molar-refractivity contribution in [2.45, 2.75) is 19.8 Å². The number of amides is 2. The number of benzene rings is 1. The molecule has 0 aliphatic heterocycles. The van der Waals surface area contributed by atoms with Crippen LogP contribution in [0.4, 0.5) is 5.13 Å². The van der Waals surface area contributed by atoms with Crippen molar-refractivity contribution in [3.05, 3.63) is 73.9 Å². The number of rotatable bonds is 7. The highest BCUT2D eigenvalue weighted by atomic mass is 32.1. The first-order valence-electron chi connectivity index (χ1n) is 10.9. The van der Waals surface area contributed by atoms with Gasteiger partial charge >= 0.3 is 5.69 Å². The largest absolute Gasteiger partial charge is 0.356 e. The van der Waals surface area contributed by atoms with Gasteiger partial charge in [0.05, 0.1) is 11.1 Å². The summed E-state index contributed by atoms with van der Waals surface area (Å²) in [5.41, 5.74) is 2.04. The molecule has 0 saturated heterocycles. The summed E-state index contributed by atoms with van der Waals surface area (Å²) in [6, 6.07) is 10.9. The maximum Gasteiger partial charge on any atom is 0.332 e. The molecule has 3 aromatic heterocycles. The summed E-state index contributed by atoms with van der Waals surface area (Å²) < 4.78 is 2.23. The maximum atomic E-state index is 12.8. The van der Waals surface area contributed by atoms with E-state index in [2.05, 4.69) is 20.6 Å². The highest BCUT2D eigenvalue weighted by Gasteiger charge is 2.15. The van der Waals surface area contributed by atoms with Crippen LogP contribution in [-0.4, -0.2) is 37.5 Å². The third kappa shape index (κ3) is 5.19. The minimum absolute atomic E-state index is 0.0282. The molecule has 1 aromatic carbocycles. The van der Waals surface area contributed by atoms with Crippen molar-refractivity contribution in [1.82, 2.24) is 24.4 Å². The van der Waals surface area contributed by atoms with Crippen molar-refractivity contribution in [2.24, 2.45) is 14.1 Å². The molecule has 0 fully saturated rings. The van der Waals surface area contributed by atoms with E-state index < -0.39 is 17.2 Å². The Labute approximate surface area is 204 Å². The number of carbonyl (C=O) groups is 2. The lowest BCUT2D eigenvalue weighted by Gasteiger charge is -2.08.